The Hall–Kier alpha value is -4.44. The molecule has 0 aliphatic carbocycles. The molecule has 1 aliphatic rings. The molecule has 0 saturated heterocycles. The third-order valence-electron chi connectivity index (χ3n) is 6.31. The molecule has 4 aromatic carbocycles. The van der Waals surface area contributed by atoms with Crippen molar-refractivity contribution in [3.8, 4) is 11.1 Å². The third kappa shape index (κ3) is 5.70. The number of halogens is 3. The van der Waals surface area contributed by atoms with Crippen LogP contribution in [0.3, 0.4) is 0 Å². The molecule has 5 rings (SSSR count). The third-order valence-corrected chi connectivity index (χ3v) is 7.66. The van der Waals surface area contributed by atoms with Gasteiger partial charge in [-0.3, -0.25) is 9.80 Å². The lowest BCUT2D eigenvalue weighted by Crippen LogP contribution is -2.30. The fourth-order valence-electron chi connectivity index (χ4n) is 4.32. The second kappa shape index (κ2) is 10.4. The number of nitrogens with one attached hydrogen (secondary N) is 1. The Morgan fingerprint density at radius 1 is 0.795 bits per heavy atom. The number of amides is 1. The minimum atomic E-state index is -4.59. The Balaban J connectivity index is 1.34. The van der Waals surface area contributed by atoms with Gasteiger partial charge in [-0.2, -0.15) is 18.3 Å². The summed E-state index contributed by atoms with van der Waals surface area (Å²) in [5.41, 5.74) is 1.99. The summed E-state index contributed by atoms with van der Waals surface area (Å²) in [5.74, 6) is -0.804. The molecule has 1 aliphatic heterocycles. The van der Waals surface area contributed by atoms with E-state index in [1.165, 1.54) is 41.4 Å². The highest BCUT2D eigenvalue weighted by atomic mass is 32.2. The fourth-order valence-corrected chi connectivity index (χ4v) is 5.29. The number of nitrogens with zero attached hydrogens (tertiary/aromatic N) is 2. The van der Waals surface area contributed by atoms with Crippen LogP contribution >= 0.6 is 0 Å². The summed E-state index contributed by atoms with van der Waals surface area (Å²) in [6.07, 6.45) is -4.93. The lowest BCUT2D eigenvalue weighted by atomic mass is 10.0. The summed E-state index contributed by atoms with van der Waals surface area (Å²) in [6, 6.07) is 29.2. The predicted molar refractivity (Wildman–Crippen MR) is 143 cm³/mol. The number of alkyl halides is 3. The predicted octanol–water partition coefficient (Wildman–Crippen LogP) is 6.34. The largest absolute Gasteiger partial charge is 0.431 e. The van der Waals surface area contributed by atoms with Crippen LogP contribution in [0.2, 0.25) is 0 Å². The first-order valence-electron chi connectivity index (χ1n) is 11.9. The molecule has 10 heteroatoms. The number of anilines is 1. The van der Waals surface area contributed by atoms with Crippen molar-refractivity contribution in [3.63, 3.8) is 0 Å². The summed E-state index contributed by atoms with van der Waals surface area (Å²) >= 11 is 0. The number of hydrogen-bond acceptors (Lipinski definition) is 5. The van der Waals surface area contributed by atoms with Gasteiger partial charge in [-0.25, -0.2) is 13.1 Å². The normalized spacial score (nSPS) is 15.6. The standard InChI is InChI=1S/C29H22F3N3O3S/c30-29(31,32)27-19-26(22-9-5-2-6-10-22)35(33-27)24-15-17-25(18-16-24)39(37,38)34-28(36)23-13-11-21(12-14-23)20-7-3-1-4-8-20/h1-18,26H,19H2,(H,34,36). The lowest BCUT2D eigenvalue weighted by molar-refractivity contribution is -0.0600. The average Bonchev–Trinajstić information content (AvgIpc) is 3.40. The summed E-state index contributed by atoms with van der Waals surface area (Å²) in [6.45, 7) is 0. The lowest BCUT2D eigenvalue weighted by Gasteiger charge is -2.24. The second-order valence-corrected chi connectivity index (χ2v) is 10.6. The molecule has 1 atom stereocenters. The number of hydrazone groups is 1. The smallest absolute Gasteiger partial charge is 0.268 e. The minimum Gasteiger partial charge on any atom is -0.268 e. The minimum absolute atomic E-state index is 0.159. The van der Waals surface area contributed by atoms with Gasteiger partial charge in [-0.1, -0.05) is 72.8 Å². The van der Waals surface area contributed by atoms with E-state index in [4.69, 9.17) is 0 Å². The van der Waals surface area contributed by atoms with E-state index in [0.717, 1.165) is 11.1 Å². The first-order chi connectivity index (χ1) is 18.6. The highest BCUT2D eigenvalue weighted by Gasteiger charge is 2.43. The van der Waals surface area contributed by atoms with Gasteiger partial charge in [0.15, 0.2) is 0 Å². The van der Waals surface area contributed by atoms with Gasteiger partial charge >= 0.3 is 6.18 Å². The van der Waals surface area contributed by atoms with Crippen LogP contribution in [0, 0.1) is 0 Å². The quantitative estimate of drug-likeness (QED) is 0.304. The zero-order valence-corrected chi connectivity index (χ0v) is 21.2. The SMILES string of the molecule is O=C(NS(=O)(=O)c1ccc(N2N=C(C(F)(F)F)CC2c2ccccc2)cc1)c1ccc(-c2ccccc2)cc1. The molecule has 198 valence electrons. The van der Waals surface area contributed by atoms with Crippen LogP contribution in [-0.4, -0.2) is 26.2 Å². The molecule has 0 fully saturated rings. The maximum atomic E-state index is 13.5. The van der Waals surface area contributed by atoms with Gasteiger partial charge in [0.1, 0.15) is 5.71 Å². The Morgan fingerprint density at radius 3 is 1.95 bits per heavy atom. The number of sulfonamides is 1. The summed E-state index contributed by atoms with van der Waals surface area (Å²) in [4.78, 5) is 12.5. The molecule has 6 nitrogen and oxygen atoms in total. The first-order valence-corrected chi connectivity index (χ1v) is 13.4. The van der Waals surface area contributed by atoms with Crippen molar-refractivity contribution in [3.05, 3.63) is 120 Å². The van der Waals surface area contributed by atoms with E-state index in [0.29, 0.717) is 5.56 Å². The van der Waals surface area contributed by atoms with Crippen molar-refractivity contribution in [2.45, 2.75) is 23.5 Å². The van der Waals surface area contributed by atoms with Gasteiger partial charge in [0, 0.05) is 12.0 Å². The van der Waals surface area contributed by atoms with Gasteiger partial charge in [0.05, 0.1) is 16.6 Å². The molecule has 1 heterocycles. The van der Waals surface area contributed by atoms with Crippen molar-refractivity contribution in [1.29, 1.82) is 0 Å². The molecule has 4 aromatic rings. The van der Waals surface area contributed by atoms with E-state index in [1.807, 2.05) is 35.1 Å². The average molecular weight is 550 g/mol. The Kier molecular flexibility index (Phi) is 6.96. The maximum absolute atomic E-state index is 13.5. The molecule has 0 aromatic heterocycles. The zero-order chi connectivity index (χ0) is 27.6. The Labute approximate surface area is 223 Å². The fraction of sp³-hybridized carbons (Fsp3) is 0.103. The Bertz CT molecular complexity index is 1610. The molecular formula is C29H22F3N3O3S. The number of rotatable bonds is 6. The van der Waals surface area contributed by atoms with Crippen molar-refractivity contribution in [2.24, 2.45) is 5.10 Å². The van der Waals surface area contributed by atoms with Crippen LogP contribution in [0.15, 0.2) is 119 Å². The van der Waals surface area contributed by atoms with E-state index >= 15 is 0 Å². The van der Waals surface area contributed by atoms with Crippen LogP contribution in [0.1, 0.15) is 28.4 Å². The van der Waals surface area contributed by atoms with Crippen LogP contribution in [0.5, 0.6) is 0 Å². The van der Waals surface area contributed by atoms with Gasteiger partial charge in [0.2, 0.25) is 0 Å². The molecule has 0 spiro atoms. The van der Waals surface area contributed by atoms with Crippen molar-refractivity contribution >= 4 is 27.3 Å². The van der Waals surface area contributed by atoms with Gasteiger partial charge < -0.3 is 0 Å². The van der Waals surface area contributed by atoms with E-state index in [2.05, 4.69) is 5.10 Å². The highest BCUT2D eigenvalue weighted by Crippen LogP contribution is 2.39. The maximum Gasteiger partial charge on any atom is 0.431 e. The summed E-state index contributed by atoms with van der Waals surface area (Å²) < 4.78 is 68.2. The second-order valence-electron chi connectivity index (χ2n) is 8.89. The van der Waals surface area contributed by atoms with E-state index in [1.54, 1.807) is 42.5 Å². The van der Waals surface area contributed by atoms with Crippen molar-refractivity contribution in [1.82, 2.24) is 4.72 Å². The van der Waals surface area contributed by atoms with Crippen LogP contribution in [0.4, 0.5) is 18.9 Å². The topological polar surface area (TPSA) is 78.8 Å². The molecule has 0 radical (unpaired) electrons. The number of carbonyl (C=O) groups excluding carboxylic acids is 1. The molecule has 1 amide bonds. The van der Waals surface area contributed by atoms with Gasteiger partial charge in [-0.05, 0) is 53.1 Å². The van der Waals surface area contributed by atoms with Crippen LogP contribution in [0.25, 0.3) is 11.1 Å². The molecule has 0 bridgehead atoms. The number of benzene rings is 4. The van der Waals surface area contributed by atoms with Gasteiger partial charge in [-0.15, -0.1) is 0 Å². The Morgan fingerprint density at radius 2 is 1.36 bits per heavy atom. The number of carbonyl (C=O) groups is 1. The van der Waals surface area contributed by atoms with Crippen molar-refractivity contribution < 1.29 is 26.4 Å². The molecular weight excluding hydrogens is 527 g/mol. The van der Waals surface area contributed by atoms with Crippen molar-refractivity contribution in [2.75, 3.05) is 5.01 Å². The highest BCUT2D eigenvalue weighted by molar-refractivity contribution is 7.90. The van der Waals surface area contributed by atoms with Gasteiger partial charge in [0.25, 0.3) is 15.9 Å². The molecule has 0 saturated carbocycles. The molecule has 1 N–H and O–H groups in total. The summed E-state index contributed by atoms with van der Waals surface area (Å²) in [7, 11) is -4.24. The van der Waals surface area contributed by atoms with Crippen LogP contribution < -0.4 is 9.73 Å². The van der Waals surface area contributed by atoms with E-state index < -0.39 is 33.9 Å². The van der Waals surface area contributed by atoms with E-state index in [9.17, 15) is 26.4 Å². The van der Waals surface area contributed by atoms with Crippen LogP contribution in [-0.2, 0) is 10.0 Å². The first kappa shape index (κ1) is 26.2. The summed E-state index contributed by atoms with van der Waals surface area (Å²) in [5, 5.41) is 5.04. The molecule has 39 heavy (non-hydrogen) atoms. The van der Waals surface area contributed by atoms with E-state index in [-0.39, 0.29) is 22.6 Å². The number of hydrogen-bond donors (Lipinski definition) is 1. The molecule has 1 unspecified atom stereocenters. The monoisotopic (exact) mass is 549 g/mol. The zero-order valence-electron chi connectivity index (χ0n) is 20.3.